The summed E-state index contributed by atoms with van der Waals surface area (Å²) >= 11 is 6.36. The van der Waals surface area contributed by atoms with Crippen molar-refractivity contribution in [3.8, 4) is 0 Å². The van der Waals surface area contributed by atoms with Crippen LogP contribution in [-0.2, 0) is 10.8 Å². The molecular weight excluding hydrogens is 544 g/mol. The third-order valence-corrected chi connectivity index (χ3v) is 10.0. The standard InChI is InChI=1S/C40H44ClN2/c1-7-42-34-18-11-9-16-32(34)39(3,4)36(42)26-22-28-14-13-15-29(38(28)30-20-24-31(41)25-21-30)23-27-37-40(5,6)33-17-10-12-19-35(33)43(37)8-2/h9-12,16-27H,7-8,13-15H2,1-6H3/q+1. The molecular formula is C40H44ClN2+. The van der Waals surface area contributed by atoms with E-state index in [9.17, 15) is 0 Å². The van der Waals surface area contributed by atoms with E-state index < -0.39 is 0 Å². The molecule has 0 atom stereocenters. The Balaban J connectivity index is 1.47. The smallest absolute Gasteiger partial charge is 0.209 e. The van der Waals surface area contributed by atoms with Crippen LogP contribution in [0.5, 0.6) is 0 Å². The zero-order valence-electron chi connectivity index (χ0n) is 26.5. The van der Waals surface area contributed by atoms with Crippen LogP contribution in [0.4, 0.5) is 11.4 Å². The van der Waals surface area contributed by atoms with E-state index in [0.29, 0.717) is 0 Å². The molecule has 0 radical (unpaired) electrons. The summed E-state index contributed by atoms with van der Waals surface area (Å²) in [5.41, 5.74) is 13.5. The van der Waals surface area contributed by atoms with Gasteiger partial charge in [-0.2, -0.15) is 4.58 Å². The third-order valence-electron chi connectivity index (χ3n) is 9.78. The Labute approximate surface area is 263 Å². The van der Waals surface area contributed by atoms with Crippen LogP contribution in [0.1, 0.15) is 77.5 Å². The summed E-state index contributed by atoms with van der Waals surface area (Å²) in [4.78, 5) is 2.48. The SMILES string of the molecule is CCN1/C(=C/C=C2\CCCC(/C=C/C3=[N+](CC)c4ccccc4C3(C)C)=C2c2ccc(Cl)cc2)C(C)(C)c2ccccc21. The van der Waals surface area contributed by atoms with E-state index >= 15 is 0 Å². The Morgan fingerprint density at radius 1 is 0.791 bits per heavy atom. The summed E-state index contributed by atoms with van der Waals surface area (Å²) in [7, 11) is 0. The second-order valence-electron chi connectivity index (χ2n) is 13.0. The fourth-order valence-electron chi connectivity index (χ4n) is 7.57. The summed E-state index contributed by atoms with van der Waals surface area (Å²) in [5, 5.41) is 0.772. The molecule has 0 saturated heterocycles. The largest absolute Gasteiger partial charge is 0.344 e. The highest BCUT2D eigenvalue weighted by atomic mass is 35.5. The number of fused-ring (bicyclic) bond motifs is 2. The van der Waals surface area contributed by atoms with Crippen LogP contribution in [0.15, 0.2) is 114 Å². The van der Waals surface area contributed by atoms with Crippen molar-refractivity contribution in [2.45, 2.75) is 71.6 Å². The number of nitrogens with zero attached hydrogens (tertiary/aromatic N) is 2. The van der Waals surface area contributed by atoms with Gasteiger partial charge in [-0.05, 0) is 99.1 Å². The topological polar surface area (TPSA) is 6.25 Å². The van der Waals surface area contributed by atoms with E-state index in [4.69, 9.17) is 11.6 Å². The van der Waals surface area contributed by atoms with Crippen LogP contribution < -0.4 is 4.90 Å². The molecule has 3 aromatic rings. The van der Waals surface area contributed by atoms with Gasteiger partial charge < -0.3 is 4.90 Å². The molecule has 3 aromatic carbocycles. The van der Waals surface area contributed by atoms with Gasteiger partial charge >= 0.3 is 0 Å². The lowest BCUT2D eigenvalue weighted by Crippen LogP contribution is -2.27. The zero-order valence-corrected chi connectivity index (χ0v) is 27.3. The van der Waals surface area contributed by atoms with Crippen LogP contribution in [-0.4, -0.2) is 23.4 Å². The monoisotopic (exact) mass is 587 g/mol. The number of allylic oxidation sites excluding steroid dienone is 8. The van der Waals surface area contributed by atoms with Crippen molar-refractivity contribution in [3.63, 3.8) is 0 Å². The maximum Gasteiger partial charge on any atom is 0.209 e. The van der Waals surface area contributed by atoms with E-state index in [1.165, 1.54) is 56.2 Å². The first-order chi connectivity index (χ1) is 20.7. The fourth-order valence-corrected chi connectivity index (χ4v) is 7.69. The van der Waals surface area contributed by atoms with Crippen molar-refractivity contribution >= 4 is 34.3 Å². The number of rotatable bonds is 6. The van der Waals surface area contributed by atoms with Crippen LogP contribution in [0.2, 0.25) is 5.02 Å². The van der Waals surface area contributed by atoms with E-state index in [0.717, 1.165) is 37.4 Å². The lowest BCUT2D eigenvalue weighted by Gasteiger charge is -2.27. The molecule has 0 amide bonds. The van der Waals surface area contributed by atoms with Crippen LogP contribution >= 0.6 is 11.6 Å². The van der Waals surface area contributed by atoms with Gasteiger partial charge in [-0.1, -0.05) is 86.1 Å². The van der Waals surface area contributed by atoms with Gasteiger partial charge in [0.05, 0.1) is 5.41 Å². The highest BCUT2D eigenvalue weighted by Crippen LogP contribution is 2.48. The maximum atomic E-state index is 6.36. The van der Waals surface area contributed by atoms with E-state index in [1.807, 2.05) is 12.1 Å². The minimum Gasteiger partial charge on any atom is -0.344 e. The minimum atomic E-state index is -0.0471. The highest BCUT2D eigenvalue weighted by molar-refractivity contribution is 6.30. The van der Waals surface area contributed by atoms with Crippen molar-refractivity contribution < 1.29 is 4.58 Å². The van der Waals surface area contributed by atoms with Gasteiger partial charge in [0.2, 0.25) is 5.69 Å². The third kappa shape index (κ3) is 5.04. The maximum absolute atomic E-state index is 6.36. The summed E-state index contributed by atoms with van der Waals surface area (Å²) in [6, 6.07) is 26.2. The molecule has 0 unspecified atom stereocenters. The number of likely N-dealkylation sites (N-methyl/N-ethyl adjacent to an activating group) is 1. The molecule has 0 fully saturated rings. The van der Waals surface area contributed by atoms with Gasteiger partial charge in [-0.3, -0.25) is 0 Å². The number of hydrogen-bond acceptors (Lipinski definition) is 1. The van der Waals surface area contributed by atoms with E-state index in [-0.39, 0.29) is 10.8 Å². The molecule has 6 rings (SSSR count). The first-order valence-electron chi connectivity index (χ1n) is 15.9. The molecule has 0 aromatic heterocycles. The van der Waals surface area contributed by atoms with E-state index in [1.54, 1.807) is 0 Å². The van der Waals surface area contributed by atoms with Gasteiger partial charge in [0.15, 0.2) is 5.71 Å². The quantitative estimate of drug-likeness (QED) is 0.260. The molecule has 2 aliphatic heterocycles. The Morgan fingerprint density at radius 2 is 1.49 bits per heavy atom. The van der Waals surface area contributed by atoms with Gasteiger partial charge in [0, 0.05) is 46.1 Å². The molecule has 43 heavy (non-hydrogen) atoms. The van der Waals surface area contributed by atoms with E-state index in [2.05, 4.69) is 136 Å². The van der Waals surface area contributed by atoms with Gasteiger partial charge in [-0.25, -0.2) is 0 Å². The minimum absolute atomic E-state index is 0.0471. The van der Waals surface area contributed by atoms with Crippen molar-refractivity contribution in [1.82, 2.24) is 0 Å². The molecule has 3 aliphatic rings. The Bertz CT molecular complexity index is 1710. The predicted octanol–water partition coefficient (Wildman–Crippen LogP) is 10.6. The molecule has 1 aliphatic carbocycles. The Morgan fingerprint density at radius 3 is 2.21 bits per heavy atom. The Hall–Kier alpha value is -3.62. The highest BCUT2D eigenvalue weighted by Gasteiger charge is 2.43. The molecule has 3 heteroatoms. The zero-order chi connectivity index (χ0) is 30.4. The normalized spacial score (nSPS) is 21.0. The van der Waals surface area contributed by atoms with Gasteiger partial charge in [0.25, 0.3) is 0 Å². The number of anilines is 1. The molecule has 2 nitrogen and oxygen atoms in total. The molecule has 0 saturated carbocycles. The van der Waals surface area contributed by atoms with Crippen molar-refractivity contribution in [3.05, 3.63) is 136 Å². The van der Waals surface area contributed by atoms with Crippen LogP contribution in [0, 0.1) is 0 Å². The average molecular weight is 588 g/mol. The second-order valence-corrected chi connectivity index (χ2v) is 13.4. The van der Waals surface area contributed by atoms with Crippen LogP contribution in [0.3, 0.4) is 0 Å². The molecule has 0 spiro atoms. The van der Waals surface area contributed by atoms with Crippen molar-refractivity contribution in [1.29, 1.82) is 0 Å². The number of hydrogen-bond donors (Lipinski definition) is 0. The Kier molecular flexibility index (Phi) is 7.86. The molecule has 0 bridgehead atoms. The van der Waals surface area contributed by atoms with Crippen molar-refractivity contribution in [2.75, 3.05) is 18.0 Å². The lowest BCUT2D eigenvalue weighted by molar-refractivity contribution is -0.433. The van der Waals surface area contributed by atoms with Gasteiger partial charge in [-0.15, -0.1) is 0 Å². The number of para-hydroxylation sites is 2. The van der Waals surface area contributed by atoms with Gasteiger partial charge in [0.1, 0.15) is 6.54 Å². The second kappa shape index (κ2) is 11.5. The molecule has 0 N–H and O–H groups in total. The first-order valence-corrected chi connectivity index (χ1v) is 16.3. The number of benzene rings is 3. The molecule has 2 heterocycles. The van der Waals surface area contributed by atoms with Crippen LogP contribution in [0.25, 0.3) is 5.57 Å². The average Bonchev–Trinajstić information content (AvgIpc) is 3.37. The summed E-state index contributed by atoms with van der Waals surface area (Å²) in [6.45, 7) is 15.8. The fraction of sp³-hybridized carbons (Fsp3) is 0.325. The van der Waals surface area contributed by atoms with Crippen molar-refractivity contribution in [2.24, 2.45) is 0 Å². The summed E-state index contributed by atoms with van der Waals surface area (Å²) in [6.07, 6.45) is 12.9. The lowest BCUT2D eigenvalue weighted by atomic mass is 9.79. The predicted molar refractivity (Wildman–Crippen MR) is 185 cm³/mol. The summed E-state index contributed by atoms with van der Waals surface area (Å²) in [5.74, 6) is 0. The summed E-state index contributed by atoms with van der Waals surface area (Å²) < 4.78 is 2.48. The first kappa shape index (κ1) is 29.5. The number of halogens is 1. The molecule has 220 valence electrons.